The molecule has 0 fully saturated rings. The summed E-state index contributed by atoms with van der Waals surface area (Å²) < 4.78 is 0. The lowest BCUT2D eigenvalue weighted by atomic mass is 10.0. The highest BCUT2D eigenvalue weighted by Crippen LogP contribution is 2.27. The molecule has 0 unspecified atom stereocenters. The van der Waals surface area contributed by atoms with Gasteiger partial charge in [0.1, 0.15) is 5.69 Å². The summed E-state index contributed by atoms with van der Waals surface area (Å²) in [7, 11) is 0. The number of nitrogens with zero attached hydrogens (tertiary/aromatic N) is 2. The van der Waals surface area contributed by atoms with Crippen LogP contribution in [0.3, 0.4) is 0 Å². The molecular formula is C21H17ClN4O. The fourth-order valence-corrected chi connectivity index (χ4v) is 3.22. The number of amides is 1. The molecule has 4 rings (SSSR count). The van der Waals surface area contributed by atoms with Gasteiger partial charge in [-0.1, -0.05) is 23.7 Å². The molecule has 0 bridgehead atoms. The lowest BCUT2D eigenvalue weighted by Gasteiger charge is -2.14. The number of fused-ring (bicyclic) bond motifs is 1. The van der Waals surface area contributed by atoms with Gasteiger partial charge in [-0.2, -0.15) is 5.10 Å². The third-order valence-electron chi connectivity index (χ3n) is 4.48. The Morgan fingerprint density at radius 1 is 1.11 bits per heavy atom. The number of H-pyrrole nitrogens is 1. The average Bonchev–Trinajstić information content (AvgIpc) is 3.12. The Kier molecular flexibility index (Phi) is 4.60. The average molecular weight is 377 g/mol. The predicted octanol–water partition coefficient (Wildman–Crippen LogP) is 4.77. The van der Waals surface area contributed by atoms with Gasteiger partial charge in [0.25, 0.3) is 5.91 Å². The third-order valence-corrected chi connectivity index (χ3v) is 4.71. The molecule has 6 heteroatoms. The highest BCUT2D eigenvalue weighted by molar-refractivity contribution is 6.30. The summed E-state index contributed by atoms with van der Waals surface area (Å²) in [4.78, 5) is 16.8. The molecule has 2 N–H and O–H groups in total. The number of rotatable bonds is 4. The van der Waals surface area contributed by atoms with Crippen molar-refractivity contribution < 1.29 is 4.79 Å². The van der Waals surface area contributed by atoms with Gasteiger partial charge in [0.2, 0.25) is 0 Å². The maximum atomic E-state index is 12.7. The van der Waals surface area contributed by atoms with E-state index in [2.05, 4.69) is 20.5 Å². The Morgan fingerprint density at radius 3 is 2.70 bits per heavy atom. The van der Waals surface area contributed by atoms with Crippen molar-refractivity contribution in [2.24, 2.45) is 0 Å². The maximum absolute atomic E-state index is 12.7. The molecule has 0 aliphatic rings. The Labute approximate surface area is 161 Å². The van der Waals surface area contributed by atoms with Crippen LogP contribution in [-0.4, -0.2) is 21.1 Å². The maximum Gasteiger partial charge on any atom is 0.251 e. The van der Waals surface area contributed by atoms with E-state index >= 15 is 0 Å². The van der Waals surface area contributed by atoms with Gasteiger partial charge in [-0.25, -0.2) is 0 Å². The smallest absolute Gasteiger partial charge is 0.251 e. The summed E-state index contributed by atoms with van der Waals surface area (Å²) in [6.45, 7) is 1.93. The number of hydrogen-bond donors (Lipinski definition) is 2. The number of benzene rings is 2. The number of hydrogen-bond acceptors (Lipinski definition) is 3. The van der Waals surface area contributed by atoms with Gasteiger partial charge in [-0.15, -0.1) is 0 Å². The van der Waals surface area contributed by atoms with Crippen molar-refractivity contribution in [1.82, 2.24) is 20.5 Å². The Hall–Kier alpha value is -3.18. The van der Waals surface area contributed by atoms with Crippen LogP contribution in [0.15, 0.2) is 67.0 Å². The van der Waals surface area contributed by atoms with Crippen LogP contribution in [0.25, 0.3) is 22.2 Å². The first-order chi connectivity index (χ1) is 13.1. The predicted molar refractivity (Wildman–Crippen MR) is 107 cm³/mol. The third kappa shape index (κ3) is 3.55. The molecule has 134 valence electrons. The number of aromatic amines is 1. The fraction of sp³-hybridized carbons (Fsp3) is 0.0952. The molecule has 0 saturated heterocycles. The van der Waals surface area contributed by atoms with Crippen LogP contribution >= 0.6 is 11.6 Å². The molecule has 2 heterocycles. The van der Waals surface area contributed by atoms with Gasteiger partial charge in [0.05, 0.1) is 11.6 Å². The van der Waals surface area contributed by atoms with Crippen LogP contribution in [-0.2, 0) is 0 Å². The van der Waals surface area contributed by atoms with Crippen LogP contribution in [0.5, 0.6) is 0 Å². The van der Waals surface area contributed by atoms with Crippen LogP contribution in [0.4, 0.5) is 0 Å². The summed E-state index contributed by atoms with van der Waals surface area (Å²) >= 11 is 6.04. The number of carbonyl (C=O) groups excluding carboxylic acids is 1. The molecular weight excluding hydrogens is 360 g/mol. The summed E-state index contributed by atoms with van der Waals surface area (Å²) in [5, 5.41) is 12.0. The SMILES string of the molecule is C[C@@H](NC(=O)c1ccc2[nH]nc(-c3ccncc3)c2c1)c1cccc(Cl)c1. The van der Waals surface area contributed by atoms with Crippen LogP contribution in [0.2, 0.25) is 5.02 Å². The minimum Gasteiger partial charge on any atom is -0.346 e. The molecule has 1 amide bonds. The first-order valence-electron chi connectivity index (χ1n) is 8.56. The molecule has 2 aromatic heterocycles. The molecule has 27 heavy (non-hydrogen) atoms. The van der Waals surface area contributed by atoms with Gasteiger partial charge >= 0.3 is 0 Å². The van der Waals surface area contributed by atoms with E-state index in [1.54, 1.807) is 18.5 Å². The molecule has 0 radical (unpaired) electrons. The molecule has 0 aliphatic heterocycles. The number of aromatic nitrogens is 3. The zero-order chi connectivity index (χ0) is 18.8. The highest BCUT2D eigenvalue weighted by atomic mass is 35.5. The normalized spacial score (nSPS) is 12.1. The summed E-state index contributed by atoms with van der Waals surface area (Å²) in [5.41, 5.74) is 4.15. The molecule has 0 spiro atoms. The van der Waals surface area contributed by atoms with Gasteiger partial charge in [-0.3, -0.25) is 14.9 Å². The van der Waals surface area contributed by atoms with Crippen molar-refractivity contribution >= 4 is 28.4 Å². The minimum absolute atomic E-state index is 0.147. The first kappa shape index (κ1) is 17.2. The Morgan fingerprint density at radius 2 is 1.93 bits per heavy atom. The Balaban J connectivity index is 1.62. The van der Waals surface area contributed by atoms with E-state index < -0.39 is 0 Å². The second-order valence-corrected chi connectivity index (χ2v) is 6.76. The van der Waals surface area contributed by atoms with Crippen LogP contribution < -0.4 is 5.32 Å². The van der Waals surface area contributed by atoms with Crippen molar-refractivity contribution in [3.8, 4) is 11.3 Å². The second-order valence-electron chi connectivity index (χ2n) is 6.32. The molecule has 2 aromatic carbocycles. The van der Waals surface area contributed by atoms with E-state index in [1.807, 2.05) is 55.5 Å². The molecule has 5 nitrogen and oxygen atoms in total. The number of pyridine rings is 1. The molecule has 0 aliphatic carbocycles. The number of halogens is 1. The standard InChI is InChI=1S/C21H17ClN4O/c1-13(15-3-2-4-17(22)11-15)24-21(27)16-5-6-19-18(12-16)20(26-25-19)14-7-9-23-10-8-14/h2-13H,1H3,(H,24,27)(H,25,26)/t13-/m1/s1. The van der Waals surface area contributed by atoms with Gasteiger partial charge in [0, 0.05) is 33.9 Å². The summed E-state index contributed by atoms with van der Waals surface area (Å²) in [6, 6.07) is 16.6. The highest BCUT2D eigenvalue weighted by Gasteiger charge is 2.15. The van der Waals surface area contributed by atoms with Crippen molar-refractivity contribution in [1.29, 1.82) is 0 Å². The van der Waals surface area contributed by atoms with Gasteiger partial charge < -0.3 is 5.32 Å². The lowest BCUT2D eigenvalue weighted by molar-refractivity contribution is 0.0940. The van der Waals surface area contributed by atoms with E-state index in [-0.39, 0.29) is 11.9 Å². The topological polar surface area (TPSA) is 70.7 Å². The van der Waals surface area contributed by atoms with E-state index in [1.165, 1.54) is 0 Å². The van der Waals surface area contributed by atoms with Gasteiger partial charge in [-0.05, 0) is 55.0 Å². The van der Waals surface area contributed by atoms with Crippen molar-refractivity contribution in [3.63, 3.8) is 0 Å². The summed E-state index contributed by atoms with van der Waals surface area (Å²) in [5.74, 6) is -0.147. The quantitative estimate of drug-likeness (QED) is 0.539. The molecule has 0 saturated carbocycles. The van der Waals surface area contributed by atoms with Crippen molar-refractivity contribution in [3.05, 3.63) is 83.1 Å². The number of nitrogens with one attached hydrogen (secondary N) is 2. The second kappa shape index (κ2) is 7.21. The van der Waals surface area contributed by atoms with Crippen molar-refractivity contribution in [2.75, 3.05) is 0 Å². The summed E-state index contributed by atoms with van der Waals surface area (Å²) in [6.07, 6.45) is 3.44. The van der Waals surface area contributed by atoms with Crippen LogP contribution in [0, 0.1) is 0 Å². The monoisotopic (exact) mass is 376 g/mol. The minimum atomic E-state index is -0.157. The molecule has 4 aromatic rings. The van der Waals surface area contributed by atoms with Crippen LogP contribution in [0.1, 0.15) is 28.9 Å². The zero-order valence-corrected chi connectivity index (χ0v) is 15.4. The first-order valence-corrected chi connectivity index (χ1v) is 8.94. The van der Waals surface area contributed by atoms with Crippen molar-refractivity contribution in [2.45, 2.75) is 13.0 Å². The fourth-order valence-electron chi connectivity index (χ4n) is 3.02. The lowest BCUT2D eigenvalue weighted by Crippen LogP contribution is -2.26. The van der Waals surface area contributed by atoms with E-state index in [0.717, 1.165) is 27.7 Å². The van der Waals surface area contributed by atoms with Gasteiger partial charge in [0.15, 0.2) is 0 Å². The Bertz CT molecular complexity index is 1110. The number of carbonyl (C=O) groups is 1. The zero-order valence-electron chi connectivity index (χ0n) is 14.6. The van der Waals surface area contributed by atoms with E-state index in [4.69, 9.17) is 11.6 Å². The molecule has 1 atom stereocenters. The van der Waals surface area contributed by atoms with E-state index in [0.29, 0.717) is 10.6 Å². The van der Waals surface area contributed by atoms with E-state index in [9.17, 15) is 4.79 Å². The largest absolute Gasteiger partial charge is 0.346 e.